The van der Waals surface area contributed by atoms with Gasteiger partial charge in [-0.05, 0) is 42.0 Å². The number of amides is 1. The van der Waals surface area contributed by atoms with E-state index in [-0.39, 0.29) is 11.8 Å². The van der Waals surface area contributed by atoms with Gasteiger partial charge in [-0.15, -0.1) is 0 Å². The number of ether oxygens (including phenoxy) is 1. The summed E-state index contributed by atoms with van der Waals surface area (Å²) in [6.07, 6.45) is 0. The molecule has 0 bridgehead atoms. The zero-order valence-electron chi connectivity index (χ0n) is 17.5. The van der Waals surface area contributed by atoms with Crippen molar-refractivity contribution >= 4 is 17.6 Å². The summed E-state index contributed by atoms with van der Waals surface area (Å²) >= 11 is 0. The first-order chi connectivity index (χ1) is 15.4. The minimum atomic E-state index is -0.510. The second-order valence-corrected chi connectivity index (χ2v) is 7.14. The van der Waals surface area contributed by atoms with Crippen LogP contribution in [-0.4, -0.2) is 21.7 Å². The van der Waals surface area contributed by atoms with Crippen LogP contribution in [0.5, 0.6) is 5.88 Å². The molecular formula is C25H20FN3O3. The highest BCUT2D eigenvalue weighted by molar-refractivity contribution is 5.91. The molecule has 0 saturated carbocycles. The maximum atomic E-state index is 14.0. The average molecular weight is 429 g/mol. The maximum Gasteiger partial charge on any atom is 0.309 e. The van der Waals surface area contributed by atoms with Crippen LogP contribution < -0.4 is 10.1 Å². The number of carbonyl (C=O) groups excluding carboxylic acids is 2. The zero-order chi connectivity index (χ0) is 22.7. The lowest BCUT2D eigenvalue weighted by molar-refractivity contribution is -0.132. The van der Waals surface area contributed by atoms with Gasteiger partial charge in [0.25, 0.3) is 0 Å². The molecule has 0 saturated heterocycles. The molecule has 6 nitrogen and oxygen atoms in total. The van der Waals surface area contributed by atoms with Crippen molar-refractivity contribution in [1.29, 1.82) is 0 Å². The quantitative estimate of drug-likeness (QED) is 0.441. The Balaban J connectivity index is 1.97. The van der Waals surface area contributed by atoms with Crippen LogP contribution in [-0.2, 0) is 9.59 Å². The minimum Gasteiger partial charge on any atom is -0.407 e. The third kappa shape index (κ3) is 4.41. The van der Waals surface area contributed by atoms with Gasteiger partial charge in [0, 0.05) is 25.1 Å². The van der Waals surface area contributed by atoms with Gasteiger partial charge in [-0.2, -0.15) is 9.78 Å². The number of nitrogens with one attached hydrogen (secondary N) is 1. The lowest BCUT2D eigenvalue weighted by Gasteiger charge is -2.10. The molecule has 0 aliphatic carbocycles. The van der Waals surface area contributed by atoms with Crippen molar-refractivity contribution in [3.8, 4) is 34.0 Å². The van der Waals surface area contributed by atoms with E-state index in [4.69, 9.17) is 9.84 Å². The van der Waals surface area contributed by atoms with Crippen molar-refractivity contribution < 1.29 is 18.7 Å². The SMILES string of the molecule is CC(=O)Nc1ccc(-c2c(-c3cccc(F)c3)nn(-c3ccccc3)c2OC(C)=O)cc1. The third-order valence-corrected chi connectivity index (χ3v) is 4.68. The number of halogens is 1. The molecule has 160 valence electrons. The molecule has 0 unspecified atom stereocenters. The van der Waals surface area contributed by atoms with E-state index < -0.39 is 11.8 Å². The normalized spacial score (nSPS) is 10.6. The summed E-state index contributed by atoms with van der Waals surface area (Å²) < 4.78 is 21.2. The van der Waals surface area contributed by atoms with Gasteiger partial charge in [-0.1, -0.05) is 42.5 Å². The topological polar surface area (TPSA) is 73.2 Å². The fourth-order valence-electron chi connectivity index (χ4n) is 3.40. The van der Waals surface area contributed by atoms with Gasteiger partial charge < -0.3 is 10.1 Å². The molecule has 0 spiro atoms. The molecule has 1 heterocycles. The Morgan fingerprint density at radius 3 is 2.25 bits per heavy atom. The van der Waals surface area contributed by atoms with Crippen molar-refractivity contribution in [2.24, 2.45) is 0 Å². The smallest absolute Gasteiger partial charge is 0.309 e. The Labute approximate surface area is 184 Å². The number of anilines is 1. The second kappa shape index (κ2) is 8.85. The van der Waals surface area contributed by atoms with Crippen LogP contribution in [0.4, 0.5) is 10.1 Å². The number of hydrogen-bond donors (Lipinski definition) is 1. The van der Waals surface area contributed by atoms with E-state index in [2.05, 4.69) is 5.32 Å². The second-order valence-electron chi connectivity index (χ2n) is 7.14. The first-order valence-electron chi connectivity index (χ1n) is 9.93. The van der Waals surface area contributed by atoms with Crippen LogP contribution in [0, 0.1) is 5.82 Å². The first kappa shape index (κ1) is 21.0. The van der Waals surface area contributed by atoms with E-state index in [1.165, 1.54) is 30.7 Å². The fraction of sp³-hybridized carbons (Fsp3) is 0.0800. The predicted octanol–water partition coefficient (Wildman–Crippen LogP) is 5.23. The van der Waals surface area contributed by atoms with Gasteiger partial charge in [0.05, 0.1) is 11.3 Å². The Bertz CT molecular complexity index is 1280. The van der Waals surface area contributed by atoms with E-state index >= 15 is 0 Å². The van der Waals surface area contributed by atoms with Crippen LogP contribution in [0.2, 0.25) is 0 Å². The molecule has 3 aromatic carbocycles. The summed E-state index contributed by atoms with van der Waals surface area (Å²) in [5.74, 6) is -0.882. The van der Waals surface area contributed by atoms with Gasteiger partial charge in [0.1, 0.15) is 11.5 Å². The molecule has 0 aliphatic heterocycles. The number of aromatic nitrogens is 2. The van der Waals surface area contributed by atoms with Crippen LogP contribution in [0.1, 0.15) is 13.8 Å². The molecular weight excluding hydrogens is 409 g/mol. The summed E-state index contributed by atoms with van der Waals surface area (Å²) in [5, 5.41) is 7.42. The largest absolute Gasteiger partial charge is 0.407 e. The number of hydrogen-bond acceptors (Lipinski definition) is 4. The molecule has 0 atom stereocenters. The Morgan fingerprint density at radius 1 is 0.906 bits per heavy atom. The molecule has 0 fully saturated rings. The van der Waals surface area contributed by atoms with Gasteiger partial charge in [0.2, 0.25) is 11.8 Å². The molecule has 32 heavy (non-hydrogen) atoms. The van der Waals surface area contributed by atoms with Crippen molar-refractivity contribution in [3.05, 3.63) is 84.7 Å². The molecule has 0 radical (unpaired) electrons. The third-order valence-electron chi connectivity index (χ3n) is 4.68. The predicted molar refractivity (Wildman–Crippen MR) is 120 cm³/mol. The maximum absolute atomic E-state index is 14.0. The molecule has 1 amide bonds. The van der Waals surface area contributed by atoms with Gasteiger partial charge >= 0.3 is 5.97 Å². The number of carbonyl (C=O) groups is 2. The fourth-order valence-corrected chi connectivity index (χ4v) is 3.40. The van der Waals surface area contributed by atoms with Crippen molar-refractivity contribution in [1.82, 2.24) is 9.78 Å². The molecule has 1 aromatic heterocycles. The van der Waals surface area contributed by atoms with E-state index in [0.717, 1.165) is 0 Å². The highest BCUT2D eigenvalue weighted by Gasteiger charge is 2.24. The zero-order valence-corrected chi connectivity index (χ0v) is 17.5. The molecule has 1 N–H and O–H groups in total. The highest BCUT2D eigenvalue weighted by Crippen LogP contribution is 2.41. The van der Waals surface area contributed by atoms with Crippen LogP contribution >= 0.6 is 0 Å². The number of nitrogens with zero attached hydrogens (tertiary/aromatic N) is 2. The minimum absolute atomic E-state index is 0.185. The van der Waals surface area contributed by atoms with Crippen molar-refractivity contribution in [3.63, 3.8) is 0 Å². The van der Waals surface area contributed by atoms with E-state index in [0.29, 0.717) is 33.8 Å². The highest BCUT2D eigenvalue weighted by atomic mass is 19.1. The average Bonchev–Trinajstić information content (AvgIpc) is 3.13. The van der Waals surface area contributed by atoms with Gasteiger partial charge in [0.15, 0.2) is 0 Å². The summed E-state index contributed by atoms with van der Waals surface area (Å²) in [7, 11) is 0. The van der Waals surface area contributed by atoms with E-state index in [9.17, 15) is 14.0 Å². The lowest BCUT2D eigenvalue weighted by Crippen LogP contribution is -2.08. The van der Waals surface area contributed by atoms with Crippen LogP contribution in [0.15, 0.2) is 78.9 Å². The monoisotopic (exact) mass is 429 g/mol. The van der Waals surface area contributed by atoms with Gasteiger partial charge in [-0.25, -0.2) is 4.39 Å². The molecule has 4 rings (SSSR count). The van der Waals surface area contributed by atoms with Crippen LogP contribution in [0.25, 0.3) is 28.1 Å². The lowest BCUT2D eigenvalue weighted by atomic mass is 10.0. The number of benzene rings is 3. The Hall–Kier alpha value is -4.26. The van der Waals surface area contributed by atoms with Crippen molar-refractivity contribution in [2.75, 3.05) is 5.32 Å². The molecule has 7 heteroatoms. The summed E-state index contributed by atoms with van der Waals surface area (Å²) in [5.41, 5.74) is 3.52. The van der Waals surface area contributed by atoms with E-state index in [1.807, 2.05) is 30.3 Å². The van der Waals surface area contributed by atoms with Crippen molar-refractivity contribution in [2.45, 2.75) is 13.8 Å². The van der Waals surface area contributed by atoms with E-state index in [1.54, 1.807) is 36.4 Å². The molecule has 0 aliphatic rings. The standard InChI is InChI=1S/C25H20FN3O3/c1-16(30)27-21-13-11-18(12-14-21)23-24(19-7-6-8-20(26)15-19)28-29(25(23)32-17(2)31)22-9-4-3-5-10-22/h3-15H,1-2H3,(H,27,30). The van der Waals surface area contributed by atoms with Gasteiger partial charge in [-0.3, -0.25) is 9.59 Å². The summed E-state index contributed by atoms with van der Waals surface area (Å²) in [6, 6.07) is 22.3. The number of esters is 1. The molecule has 4 aromatic rings. The summed E-state index contributed by atoms with van der Waals surface area (Å²) in [6.45, 7) is 2.74. The van der Waals surface area contributed by atoms with Crippen LogP contribution in [0.3, 0.4) is 0 Å². The first-order valence-corrected chi connectivity index (χ1v) is 9.93. The summed E-state index contributed by atoms with van der Waals surface area (Å²) in [4.78, 5) is 23.3. The Kier molecular flexibility index (Phi) is 5.81. The number of rotatable bonds is 5. The number of para-hydroxylation sites is 1. The Morgan fingerprint density at radius 2 is 1.62 bits per heavy atom.